The number of nitrogens with zero attached hydrogens (tertiary/aromatic N) is 2. The molecule has 1 rings (SSSR count). The fourth-order valence-electron chi connectivity index (χ4n) is 2.43. The topological polar surface area (TPSA) is 56.8 Å². The van der Waals surface area contributed by atoms with Crippen molar-refractivity contribution in [3.63, 3.8) is 0 Å². The zero-order chi connectivity index (χ0) is 16.0. The second kappa shape index (κ2) is 11.8. The minimum Gasteiger partial charge on any atom is -0.377 e. The number of hydrogen-bond acceptors (Lipinski definition) is 3. The van der Waals surface area contributed by atoms with Crippen LogP contribution in [-0.4, -0.2) is 6.61 Å². The Morgan fingerprint density at radius 1 is 0.818 bits per heavy atom. The Hall–Kier alpha value is -1.84. The summed E-state index contributed by atoms with van der Waals surface area (Å²) >= 11 is 0. The van der Waals surface area contributed by atoms with Crippen LogP contribution in [0.25, 0.3) is 0 Å². The Morgan fingerprint density at radius 3 is 1.91 bits per heavy atom. The van der Waals surface area contributed by atoms with E-state index in [1.54, 1.807) is 18.2 Å². The maximum Gasteiger partial charge on any atom is 0.0992 e. The number of nitriles is 2. The molecule has 22 heavy (non-hydrogen) atoms. The molecule has 0 saturated carbocycles. The fraction of sp³-hybridized carbons (Fsp3) is 0.579. The maximum atomic E-state index is 8.93. The number of ether oxygens (including phenoxy) is 1. The molecule has 0 radical (unpaired) electrons. The van der Waals surface area contributed by atoms with Gasteiger partial charge in [-0.25, -0.2) is 0 Å². The molecule has 1 aromatic carbocycles. The highest BCUT2D eigenvalue weighted by Gasteiger charge is 2.01. The molecule has 0 bridgehead atoms. The van der Waals surface area contributed by atoms with Crippen molar-refractivity contribution in [2.75, 3.05) is 6.61 Å². The molecular weight excluding hydrogens is 272 g/mol. The minimum absolute atomic E-state index is 0.473. The van der Waals surface area contributed by atoms with Crippen molar-refractivity contribution in [2.45, 2.75) is 64.9 Å². The van der Waals surface area contributed by atoms with Crippen LogP contribution in [0.4, 0.5) is 0 Å². The van der Waals surface area contributed by atoms with E-state index in [1.807, 2.05) is 0 Å². The van der Waals surface area contributed by atoms with Crippen molar-refractivity contribution >= 4 is 0 Å². The SMILES string of the molecule is CCCCCCCCCCOCc1cc(C#N)cc(C#N)c1. The van der Waals surface area contributed by atoms with Gasteiger partial charge in [0.1, 0.15) is 0 Å². The van der Waals surface area contributed by atoms with Crippen LogP contribution in [0.15, 0.2) is 18.2 Å². The highest BCUT2D eigenvalue weighted by molar-refractivity contribution is 5.42. The van der Waals surface area contributed by atoms with E-state index in [4.69, 9.17) is 15.3 Å². The molecule has 0 N–H and O–H groups in total. The van der Waals surface area contributed by atoms with Gasteiger partial charge in [-0.1, -0.05) is 51.9 Å². The number of benzene rings is 1. The second-order valence-electron chi connectivity index (χ2n) is 5.67. The van der Waals surface area contributed by atoms with Crippen LogP contribution >= 0.6 is 0 Å². The molecular formula is C19H26N2O. The predicted molar refractivity (Wildman–Crippen MR) is 88.1 cm³/mol. The van der Waals surface area contributed by atoms with Gasteiger partial charge in [0.15, 0.2) is 0 Å². The van der Waals surface area contributed by atoms with Crippen LogP contribution in [-0.2, 0) is 11.3 Å². The largest absolute Gasteiger partial charge is 0.377 e. The molecule has 0 heterocycles. The molecule has 0 aliphatic carbocycles. The molecule has 3 nitrogen and oxygen atoms in total. The molecule has 0 amide bonds. The van der Waals surface area contributed by atoms with Gasteiger partial charge < -0.3 is 4.74 Å². The molecule has 0 aromatic heterocycles. The van der Waals surface area contributed by atoms with Crippen LogP contribution in [0.1, 0.15) is 75.0 Å². The third kappa shape index (κ3) is 7.81. The monoisotopic (exact) mass is 298 g/mol. The fourth-order valence-corrected chi connectivity index (χ4v) is 2.43. The van der Waals surface area contributed by atoms with Gasteiger partial charge in [0.2, 0.25) is 0 Å². The smallest absolute Gasteiger partial charge is 0.0992 e. The third-order valence-electron chi connectivity index (χ3n) is 3.66. The summed E-state index contributed by atoms with van der Waals surface area (Å²) in [4.78, 5) is 0. The lowest BCUT2D eigenvalue weighted by atomic mass is 10.1. The van der Waals surface area contributed by atoms with Crippen LogP contribution in [0.2, 0.25) is 0 Å². The van der Waals surface area contributed by atoms with Gasteiger partial charge in [-0.3, -0.25) is 0 Å². The summed E-state index contributed by atoms with van der Waals surface area (Å²) in [5.74, 6) is 0. The maximum absolute atomic E-state index is 8.93. The van der Waals surface area contributed by atoms with Crippen molar-refractivity contribution in [3.8, 4) is 12.1 Å². The lowest BCUT2D eigenvalue weighted by Gasteiger charge is -2.06. The molecule has 118 valence electrons. The van der Waals surface area contributed by atoms with E-state index < -0.39 is 0 Å². The number of unbranched alkanes of at least 4 members (excludes halogenated alkanes) is 7. The highest BCUT2D eigenvalue weighted by Crippen LogP contribution is 2.11. The minimum atomic E-state index is 0.473. The van der Waals surface area contributed by atoms with Gasteiger partial charge in [-0.15, -0.1) is 0 Å². The Bertz CT molecular complexity index is 479. The molecule has 0 spiro atoms. The van der Waals surface area contributed by atoms with Gasteiger partial charge in [0, 0.05) is 6.61 Å². The first-order valence-corrected chi connectivity index (χ1v) is 8.32. The van der Waals surface area contributed by atoms with Gasteiger partial charge in [0.05, 0.1) is 29.9 Å². The van der Waals surface area contributed by atoms with Crippen molar-refractivity contribution in [1.82, 2.24) is 0 Å². The lowest BCUT2D eigenvalue weighted by Crippen LogP contribution is -1.97. The number of rotatable bonds is 11. The van der Waals surface area contributed by atoms with Crippen LogP contribution in [0, 0.1) is 22.7 Å². The Balaban J connectivity index is 2.12. The van der Waals surface area contributed by atoms with E-state index in [0.717, 1.165) is 18.6 Å². The quantitative estimate of drug-likeness (QED) is 0.535. The average molecular weight is 298 g/mol. The van der Waals surface area contributed by atoms with Crippen molar-refractivity contribution in [3.05, 3.63) is 34.9 Å². The van der Waals surface area contributed by atoms with Crippen LogP contribution in [0.3, 0.4) is 0 Å². The van der Waals surface area contributed by atoms with E-state index in [0.29, 0.717) is 17.7 Å². The summed E-state index contributed by atoms with van der Waals surface area (Å²) in [6, 6.07) is 9.32. The first kappa shape index (κ1) is 18.2. The lowest BCUT2D eigenvalue weighted by molar-refractivity contribution is 0.116. The van der Waals surface area contributed by atoms with Crippen molar-refractivity contribution < 1.29 is 4.74 Å². The van der Waals surface area contributed by atoms with E-state index >= 15 is 0 Å². The van der Waals surface area contributed by atoms with E-state index in [-0.39, 0.29) is 0 Å². The molecule has 0 aliphatic rings. The zero-order valence-electron chi connectivity index (χ0n) is 13.6. The van der Waals surface area contributed by atoms with E-state index in [9.17, 15) is 0 Å². The average Bonchev–Trinajstić information content (AvgIpc) is 2.56. The highest BCUT2D eigenvalue weighted by atomic mass is 16.5. The predicted octanol–water partition coefficient (Wildman–Crippen LogP) is 5.09. The van der Waals surface area contributed by atoms with Crippen LogP contribution in [0.5, 0.6) is 0 Å². The summed E-state index contributed by atoms with van der Waals surface area (Å²) in [5, 5.41) is 17.9. The molecule has 1 aromatic rings. The summed E-state index contributed by atoms with van der Waals surface area (Å²) < 4.78 is 5.64. The number of hydrogen-bond donors (Lipinski definition) is 0. The molecule has 0 fully saturated rings. The normalized spacial score (nSPS) is 10.1. The molecule has 0 atom stereocenters. The second-order valence-corrected chi connectivity index (χ2v) is 5.67. The van der Waals surface area contributed by atoms with Gasteiger partial charge in [0.25, 0.3) is 0 Å². The zero-order valence-corrected chi connectivity index (χ0v) is 13.6. The molecule has 3 heteroatoms. The van der Waals surface area contributed by atoms with Gasteiger partial charge in [-0.05, 0) is 30.2 Å². The molecule has 0 aliphatic heterocycles. The first-order valence-electron chi connectivity index (χ1n) is 8.32. The Kier molecular flexibility index (Phi) is 9.75. The van der Waals surface area contributed by atoms with Crippen molar-refractivity contribution in [2.24, 2.45) is 0 Å². The molecule has 0 unspecified atom stereocenters. The summed E-state index contributed by atoms with van der Waals surface area (Å²) in [6.07, 6.45) is 10.3. The van der Waals surface area contributed by atoms with Crippen LogP contribution < -0.4 is 0 Å². The Morgan fingerprint density at radius 2 is 1.36 bits per heavy atom. The Labute approximate surface area is 134 Å². The van der Waals surface area contributed by atoms with Crippen molar-refractivity contribution in [1.29, 1.82) is 10.5 Å². The van der Waals surface area contributed by atoms with E-state index in [2.05, 4.69) is 19.1 Å². The molecule has 0 saturated heterocycles. The standard InChI is InChI=1S/C19H26N2O/c1-2-3-4-5-6-7-8-9-10-22-16-19-12-17(14-20)11-18(13-19)15-21/h11-13H,2-10,16H2,1H3. The summed E-state index contributed by atoms with van der Waals surface area (Å²) in [7, 11) is 0. The summed E-state index contributed by atoms with van der Waals surface area (Å²) in [5.41, 5.74) is 1.93. The van der Waals surface area contributed by atoms with E-state index in [1.165, 1.54) is 44.9 Å². The third-order valence-corrected chi connectivity index (χ3v) is 3.66. The first-order chi connectivity index (χ1) is 10.8. The summed E-state index contributed by atoms with van der Waals surface area (Å²) in [6.45, 7) is 3.46. The van der Waals surface area contributed by atoms with Gasteiger partial charge >= 0.3 is 0 Å². The van der Waals surface area contributed by atoms with Gasteiger partial charge in [-0.2, -0.15) is 10.5 Å².